The van der Waals surface area contributed by atoms with Gasteiger partial charge in [-0.15, -0.1) is 0 Å². The highest BCUT2D eigenvalue weighted by Crippen LogP contribution is 2.35. The van der Waals surface area contributed by atoms with E-state index in [1.54, 1.807) is 12.4 Å². The standard InChI is InChI=1S/C21H19N7/c22-8-18-21(24-7-6-23-18)28-13-16-11-27(12-17(16)14-28)20-10-25-19(9-26-20)15-4-2-1-3-5-15/h1-7,9-10,16-17H,11-14H2. The number of nitrogens with zero attached hydrogens (tertiary/aromatic N) is 7. The predicted octanol–water partition coefficient (Wildman–Crippen LogP) is 2.38. The number of anilines is 2. The van der Waals surface area contributed by atoms with E-state index in [2.05, 4.69) is 35.8 Å². The summed E-state index contributed by atoms with van der Waals surface area (Å²) >= 11 is 0. The molecule has 5 rings (SSSR count). The second-order valence-corrected chi connectivity index (χ2v) is 7.30. The van der Waals surface area contributed by atoms with Crippen LogP contribution < -0.4 is 9.80 Å². The van der Waals surface area contributed by atoms with Crippen molar-refractivity contribution in [3.63, 3.8) is 0 Å². The minimum Gasteiger partial charge on any atom is -0.355 e. The summed E-state index contributed by atoms with van der Waals surface area (Å²) in [5, 5.41) is 9.27. The molecule has 4 heterocycles. The third-order valence-electron chi connectivity index (χ3n) is 5.60. The normalized spacial score (nSPS) is 20.8. The summed E-state index contributed by atoms with van der Waals surface area (Å²) in [5.74, 6) is 2.70. The van der Waals surface area contributed by atoms with E-state index in [0.29, 0.717) is 23.3 Å². The van der Waals surface area contributed by atoms with Crippen LogP contribution in [0.4, 0.5) is 11.6 Å². The van der Waals surface area contributed by atoms with Gasteiger partial charge in [-0.3, -0.25) is 4.98 Å². The Morgan fingerprint density at radius 1 is 0.821 bits per heavy atom. The molecule has 2 fully saturated rings. The largest absolute Gasteiger partial charge is 0.355 e. The highest BCUT2D eigenvalue weighted by molar-refractivity contribution is 5.59. The van der Waals surface area contributed by atoms with Gasteiger partial charge in [-0.1, -0.05) is 30.3 Å². The lowest BCUT2D eigenvalue weighted by Crippen LogP contribution is -2.30. The monoisotopic (exact) mass is 369 g/mol. The smallest absolute Gasteiger partial charge is 0.183 e. The fourth-order valence-electron chi connectivity index (χ4n) is 4.24. The molecule has 0 bridgehead atoms. The van der Waals surface area contributed by atoms with Gasteiger partial charge in [0.25, 0.3) is 0 Å². The zero-order valence-corrected chi connectivity index (χ0v) is 15.3. The van der Waals surface area contributed by atoms with Gasteiger partial charge in [0.05, 0.1) is 18.1 Å². The number of fused-ring (bicyclic) bond motifs is 1. The van der Waals surface area contributed by atoms with Crippen molar-refractivity contribution in [2.75, 3.05) is 36.0 Å². The van der Waals surface area contributed by atoms with Crippen molar-refractivity contribution in [1.29, 1.82) is 5.26 Å². The molecule has 3 aromatic rings. The molecule has 0 amide bonds. The van der Waals surface area contributed by atoms with Crippen molar-refractivity contribution >= 4 is 11.6 Å². The average molecular weight is 369 g/mol. The average Bonchev–Trinajstić information content (AvgIpc) is 3.34. The molecule has 0 spiro atoms. The summed E-state index contributed by atoms with van der Waals surface area (Å²) in [5.41, 5.74) is 2.37. The fourth-order valence-corrected chi connectivity index (χ4v) is 4.24. The van der Waals surface area contributed by atoms with Crippen LogP contribution in [0.3, 0.4) is 0 Å². The Hall–Kier alpha value is -3.53. The van der Waals surface area contributed by atoms with Gasteiger partial charge >= 0.3 is 0 Å². The number of hydrogen-bond acceptors (Lipinski definition) is 7. The van der Waals surface area contributed by atoms with Crippen LogP contribution in [0.25, 0.3) is 11.3 Å². The van der Waals surface area contributed by atoms with Crippen molar-refractivity contribution in [3.8, 4) is 17.3 Å². The lowest BCUT2D eigenvalue weighted by molar-refractivity contribution is 0.533. The van der Waals surface area contributed by atoms with E-state index < -0.39 is 0 Å². The maximum atomic E-state index is 9.27. The van der Waals surface area contributed by atoms with Gasteiger partial charge in [-0.05, 0) is 0 Å². The Balaban J connectivity index is 1.28. The van der Waals surface area contributed by atoms with Gasteiger partial charge in [0.1, 0.15) is 11.9 Å². The van der Waals surface area contributed by atoms with Gasteiger partial charge in [-0.2, -0.15) is 5.26 Å². The summed E-state index contributed by atoms with van der Waals surface area (Å²) in [7, 11) is 0. The molecular weight excluding hydrogens is 350 g/mol. The van der Waals surface area contributed by atoms with E-state index in [0.717, 1.165) is 43.3 Å². The van der Waals surface area contributed by atoms with Crippen LogP contribution in [0.1, 0.15) is 5.69 Å². The van der Waals surface area contributed by atoms with Crippen LogP contribution in [0.15, 0.2) is 55.1 Å². The van der Waals surface area contributed by atoms with Gasteiger partial charge in [0, 0.05) is 56.0 Å². The summed E-state index contributed by atoms with van der Waals surface area (Å²) in [6.45, 7) is 3.68. The van der Waals surface area contributed by atoms with Crippen molar-refractivity contribution in [2.45, 2.75) is 0 Å². The molecule has 0 aliphatic carbocycles. The molecule has 2 aliphatic rings. The lowest BCUT2D eigenvalue weighted by atomic mass is 10.0. The fraction of sp³-hybridized carbons (Fsp3) is 0.286. The van der Waals surface area contributed by atoms with E-state index in [-0.39, 0.29) is 0 Å². The number of benzene rings is 1. The van der Waals surface area contributed by atoms with Crippen LogP contribution in [-0.4, -0.2) is 46.1 Å². The molecule has 2 atom stereocenters. The molecule has 2 aliphatic heterocycles. The van der Waals surface area contributed by atoms with Gasteiger partial charge < -0.3 is 9.80 Å². The third-order valence-corrected chi connectivity index (χ3v) is 5.60. The lowest BCUT2D eigenvalue weighted by Gasteiger charge is -2.23. The molecule has 0 radical (unpaired) electrons. The first-order chi connectivity index (χ1) is 13.8. The van der Waals surface area contributed by atoms with Crippen LogP contribution >= 0.6 is 0 Å². The molecule has 138 valence electrons. The first kappa shape index (κ1) is 16.6. The zero-order valence-electron chi connectivity index (χ0n) is 15.3. The first-order valence-electron chi connectivity index (χ1n) is 9.40. The number of hydrogen-bond donors (Lipinski definition) is 0. The van der Waals surface area contributed by atoms with Crippen LogP contribution in [-0.2, 0) is 0 Å². The maximum Gasteiger partial charge on any atom is 0.183 e. The van der Waals surface area contributed by atoms with Crippen molar-refractivity contribution < 1.29 is 0 Å². The van der Waals surface area contributed by atoms with Gasteiger partial charge in [-0.25, -0.2) is 15.0 Å². The molecule has 0 saturated carbocycles. The van der Waals surface area contributed by atoms with Crippen molar-refractivity contribution in [2.24, 2.45) is 11.8 Å². The van der Waals surface area contributed by atoms with Crippen molar-refractivity contribution in [1.82, 2.24) is 19.9 Å². The third kappa shape index (κ3) is 2.93. The van der Waals surface area contributed by atoms with E-state index in [4.69, 9.17) is 0 Å². The predicted molar refractivity (Wildman–Crippen MR) is 106 cm³/mol. The van der Waals surface area contributed by atoms with E-state index in [1.807, 2.05) is 42.7 Å². The number of aromatic nitrogens is 4. The second-order valence-electron chi connectivity index (χ2n) is 7.30. The number of nitriles is 1. The minimum atomic E-state index is 0.404. The molecule has 1 aromatic carbocycles. The Morgan fingerprint density at radius 3 is 2.21 bits per heavy atom. The first-order valence-corrected chi connectivity index (χ1v) is 9.40. The molecule has 28 heavy (non-hydrogen) atoms. The summed E-state index contributed by atoms with van der Waals surface area (Å²) in [6.07, 6.45) is 6.94. The molecule has 7 nitrogen and oxygen atoms in total. The van der Waals surface area contributed by atoms with Crippen LogP contribution in [0.5, 0.6) is 0 Å². The number of rotatable bonds is 3. The summed E-state index contributed by atoms with van der Waals surface area (Å²) in [4.78, 5) is 22.3. The minimum absolute atomic E-state index is 0.404. The Kier molecular flexibility index (Phi) is 4.09. The molecule has 2 unspecified atom stereocenters. The van der Waals surface area contributed by atoms with E-state index in [1.165, 1.54) is 0 Å². The van der Waals surface area contributed by atoms with E-state index >= 15 is 0 Å². The van der Waals surface area contributed by atoms with E-state index in [9.17, 15) is 5.26 Å². The Labute approximate surface area is 163 Å². The van der Waals surface area contributed by atoms with Crippen LogP contribution in [0.2, 0.25) is 0 Å². The summed E-state index contributed by atoms with van der Waals surface area (Å²) < 4.78 is 0. The highest BCUT2D eigenvalue weighted by Gasteiger charge is 2.41. The molecular formula is C21H19N7. The topological polar surface area (TPSA) is 81.8 Å². The zero-order chi connectivity index (χ0) is 18.9. The summed E-state index contributed by atoms with van der Waals surface area (Å²) in [6, 6.07) is 12.2. The molecule has 2 aromatic heterocycles. The van der Waals surface area contributed by atoms with Crippen molar-refractivity contribution in [3.05, 3.63) is 60.8 Å². The van der Waals surface area contributed by atoms with Crippen LogP contribution in [0, 0.1) is 23.2 Å². The molecule has 0 N–H and O–H groups in total. The molecule has 7 heteroatoms. The quantitative estimate of drug-likeness (QED) is 0.701. The van der Waals surface area contributed by atoms with Gasteiger partial charge in [0.15, 0.2) is 11.5 Å². The molecule has 2 saturated heterocycles. The Bertz CT molecular complexity index is 999. The SMILES string of the molecule is N#Cc1nccnc1N1CC2CN(c3cnc(-c4ccccc4)cn3)CC2C1. The maximum absolute atomic E-state index is 9.27. The highest BCUT2D eigenvalue weighted by atomic mass is 15.3. The van der Waals surface area contributed by atoms with Gasteiger partial charge in [0.2, 0.25) is 0 Å². The second kappa shape index (κ2) is 6.89. The Morgan fingerprint density at radius 2 is 1.54 bits per heavy atom.